The maximum Gasteiger partial charge on any atom is 0.303 e. The Kier molecular flexibility index (Phi) is 4.98. The number of aliphatic carboxylic acids is 1. The largest absolute Gasteiger partial charge is 0.508 e. The molecule has 3 heteroatoms. The summed E-state index contributed by atoms with van der Waals surface area (Å²) < 4.78 is 0. The molecule has 1 aromatic carbocycles. The lowest BCUT2D eigenvalue weighted by Gasteiger charge is -2.27. The topological polar surface area (TPSA) is 57.5 Å². The predicted octanol–water partition coefficient (Wildman–Crippen LogP) is 4.05. The summed E-state index contributed by atoms with van der Waals surface area (Å²) in [6, 6.07) is 5.72. The maximum absolute atomic E-state index is 10.6. The molecule has 106 valence electrons. The van der Waals surface area contributed by atoms with Crippen molar-refractivity contribution in [2.45, 2.75) is 58.3 Å². The number of carboxylic acid groups (broad SMARTS) is 1. The summed E-state index contributed by atoms with van der Waals surface area (Å²) in [5, 5.41) is 18.7. The van der Waals surface area contributed by atoms with Crippen LogP contribution in [0.1, 0.15) is 64.0 Å². The van der Waals surface area contributed by atoms with E-state index in [1.54, 1.807) is 6.07 Å². The van der Waals surface area contributed by atoms with Crippen molar-refractivity contribution in [2.24, 2.45) is 0 Å². The van der Waals surface area contributed by atoms with Gasteiger partial charge in [0.25, 0.3) is 0 Å². The van der Waals surface area contributed by atoms with Crippen molar-refractivity contribution < 1.29 is 15.0 Å². The van der Waals surface area contributed by atoms with Gasteiger partial charge >= 0.3 is 5.97 Å². The molecule has 2 N–H and O–H groups in total. The van der Waals surface area contributed by atoms with E-state index in [1.807, 2.05) is 26.0 Å². The molecule has 0 fully saturated rings. The van der Waals surface area contributed by atoms with Gasteiger partial charge in [-0.2, -0.15) is 0 Å². The molecule has 0 aliphatic rings. The number of hydrogen-bond donors (Lipinski definition) is 2. The van der Waals surface area contributed by atoms with E-state index in [2.05, 4.69) is 13.8 Å². The molecule has 0 saturated carbocycles. The SMILES string of the molecule is CC(C)c1ccc(O)c(C(C)(C)CCCC(=O)O)c1. The lowest BCUT2D eigenvalue weighted by molar-refractivity contribution is -0.137. The molecule has 0 aromatic heterocycles. The van der Waals surface area contributed by atoms with Crippen LogP contribution >= 0.6 is 0 Å². The lowest BCUT2D eigenvalue weighted by atomic mass is 9.78. The first-order valence-corrected chi connectivity index (χ1v) is 6.79. The molecular weight excluding hydrogens is 240 g/mol. The van der Waals surface area contributed by atoms with Gasteiger partial charge in [-0.3, -0.25) is 4.79 Å². The Morgan fingerprint density at radius 2 is 1.95 bits per heavy atom. The van der Waals surface area contributed by atoms with Gasteiger partial charge in [0, 0.05) is 6.42 Å². The van der Waals surface area contributed by atoms with Crippen LogP contribution in [-0.2, 0) is 10.2 Å². The highest BCUT2D eigenvalue weighted by Gasteiger charge is 2.24. The van der Waals surface area contributed by atoms with Crippen LogP contribution < -0.4 is 0 Å². The Morgan fingerprint density at radius 1 is 1.32 bits per heavy atom. The number of benzene rings is 1. The molecule has 0 radical (unpaired) electrons. The monoisotopic (exact) mass is 264 g/mol. The van der Waals surface area contributed by atoms with Crippen molar-refractivity contribution in [1.29, 1.82) is 0 Å². The number of hydrogen-bond acceptors (Lipinski definition) is 2. The Labute approximate surface area is 115 Å². The summed E-state index contributed by atoms with van der Waals surface area (Å²) >= 11 is 0. The highest BCUT2D eigenvalue weighted by molar-refractivity contribution is 5.66. The van der Waals surface area contributed by atoms with E-state index in [-0.39, 0.29) is 11.8 Å². The summed E-state index contributed by atoms with van der Waals surface area (Å²) in [6.07, 6.45) is 1.54. The fraction of sp³-hybridized carbons (Fsp3) is 0.562. The number of phenolic OH excluding ortho intramolecular Hbond substituents is 1. The molecule has 19 heavy (non-hydrogen) atoms. The molecule has 0 aliphatic heterocycles. The van der Waals surface area contributed by atoms with Gasteiger partial charge in [0.15, 0.2) is 0 Å². The molecule has 0 unspecified atom stereocenters. The minimum Gasteiger partial charge on any atom is -0.508 e. The molecule has 3 nitrogen and oxygen atoms in total. The van der Waals surface area contributed by atoms with Crippen molar-refractivity contribution >= 4 is 5.97 Å². The third-order valence-corrected chi connectivity index (χ3v) is 3.61. The molecule has 0 spiro atoms. The summed E-state index contributed by atoms with van der Waals surface area (Å²) in [6.45, 7) is 8.34. The van der Waals surface area contributed by atoms with Crippen LogP contribution in [0.2, 0.25) is 0 Å². The molecular formula is C16H24O3. The second-order valence-corrected chi connectivity index (χ2v) is 6.06. The van der Waals surface area contributed by atoms with Gasteiger partial charge < -0.3 is 10.2 Å². The van der Waals surface area contributed by atoms with Gasteiger partial charge in [-0.15, -0.1) is 0 Å². The smallest absolute Gasteiger partial charge is 0.303 e. The highest BCUT2D eigenvalue weighted by atomic mass is 16.4. The van der Waals surface area contributed by atoms with Gasteiger partial charge in [0.1, 0.15) is 5.75 Å². The zero-order chi connectivity index (χ0) is 14.6. The van der Waals surface area contributed by atoms with E-state index in [9.17, 15) is 9.90 Å². The normalized spacial score (nSPS) is 11.8. The van der Waals surface area contributed by atoms with Crippen LogP contribution in [0, 0.1) is 0 Å². The van der Waals surface area contributed by atoms with Gasteiger partial charge in [-0.1, -0.05) is 39.8 Å². The third kappa shape index (κ3) is 4.27. The van der Waals surface area contributed by atoms with Crippen molar-refractivity contribution in [3.63, 3.8) is 0 Å². The summed E-state index contributed by atoms with van der Waals surface area (Å²) in [5.74, 6) is -0.0603. The number of phenols is 1. The van der Waals surface area contributed by atoms with E-state index in [0.717, 1.165) is 12.0 Å². The quantitative estimate of drug-likeness (QED) is 0.815. The van der Waals surface area contributed by atoms with Crippen LogP contribution in [0.3, 0.4) is 0 Å². The second-order valence-electron chi connectivity index (χ2n) is 6.06. The second kappa shape index (κ2) is 6.09. The van der Waals surface area contributed by atoms with Crippen molar-refractivity contribution in [3.8, 4) is 5.75 Å². The van der Waals surface area contributed by atoms with Crippen molar-refractivity contribution in [3.05, 3.63) is 29.3 Å². The van der Waals surface area contributed by atoms with Gasteiger partial charge in [0.2, 0.25) is 0 Å². The molecule has 0 atom stereocenters. The third-order valence-electron chi connectivity index (χ3n) is 3.61. The standard InChI is InChI=1S/C16H24O3/c1-11(2)12-7-8-14(17)13(10-12)16(3,4)9-5-6-15(18)19/h7-8,10-11,17H,5-6,9H2,1-4H3,(H,18,19). The first-order chi connectivity index (χ1) is 8.74. The Balaban J connectivity index is 2.92. The van der Waals surface area contributed by atoms with E-state index in [1.165, 1.54) is 5.56 Å². The minimum absolute atomic E-state index is 0.175. The molecule has 1 rings (SSSR count). The summed E-state index contributed by atoms with van der Waals surface area (Å²) in [5.41, 5.74) is 1.88. The van der Waals surface area contributed by atoms with Crippen LogP contribution in [-0.4, -0.2) is 16.2 Å². The van der Waals surface area contributed by atoms with Crippen LogP contribution in [0.4, 0.5) is 0 Å². The van der Waals surface area contributed by atoms with Crippen molar-refractivity contribution in [2.75, 3.05) is 0 Å². The van der Waals surface area contributed by atoms with Crippen LogP contribution in [0.25, 0.3) is 0 Å². The zero-order valence-corrected chi connectivity index (χ0v) is 12.2. The Hall–Kier alpha value is -1.51. The molecule has 0 bridgehead atoms. The first kappa shape index (κ1) is 15.5. The average molecular weight is 264 g/mol. The zero-order valence-electron chi connectivity index (χ0n) is 12.2. The van der Waals surface area contributed by atoms with E-state index in [0.29, 0.717) is 18.1 Å². The minimum atomic E-state index is -0.768. The first-order valence-electron chi connectivity index (χ1n) is 6.79. The molecule has 0 heterocycles. The Morgan fingerprint density at radius 3 is 2.47 bits per heavy atom. The molecule has 1 aromatic rings. The Bertz CT molecular complexity index is 447. The fourth-order valence-corrected chi connectivity index (χ4v) is 2.27. The number of rotatable bonds is 6. The number of carbonyl (C=O) groups is 1. The molecule has 0 aliphatic carbocycles. The molecule has 0 amide bonds. The summed E-state index contributed by atoms with van der Waals surface area (Å²) in [4.78, 5) is 10.6. The maximum atomic E-state index is 10.6. The number of carboxylic acids is 1. The van der Waals surface area contributed by atoms with E-state index in [4.69, 9.17) is 5.11 Å². The van der Waals surface area contributed by atoms with Crippen molar-refractivity contribution in [1.82, 2.24) is 0 Å². The van der Waals surface area contributed by atoms with Gasteiger partial charge in [-0.25, -0.2) is 0 Å². The highest BCUT2D eigenvalue weighted by Crippen LogP contribution is 2.36. The van der Waals surface area contributed by atoms with Crippen LogP contribution in [0.5, 0.6) is 5.75 Å². The van der Waals surface area contributed by atoms with E-state index >= 15 is 0 Å². The average Bonchev–Trinajstić information content (AvgIpc) is 2.28. The number of aromatic hydroxyl groups is 1. The summed E-state index contributed by atoms with van der Waals surface area (Å²) in [7, 11) is 0. The lowest BCUT2D eigenvalue weighted by Crippen LogP contribution is -2.18. The predicted molar refractivity (Wildman–Crippen MR) is 76.7 cm³/mol. The van der Waals surface area contributed by atoms with Gasteiger partial charge in [-0.05, 0) is 41.4 Å². The van der Waals surface area contributed by atoms with E-state index < -0.39 is 5.97 Å². The molecule has 0 saturated heterocycles. The van der Waals surface area contributed by atoms with Crippen LogP contribution in [0.15, 0.2) is 18.2 Å². The fourth-order valence-electron chi connectivity index (χ4n) is 2.27. The van der Waals surface area contributed by atoms with Gasteiger partial charge in [0.05, 0.1) is 0 Å².